The molecule has 5 nitrogen and oxygen atoms in total. The van der Waals surface area contributed by atoms with Gasteiger partial charge in [0.1, 0.15) is 18.2 Å². The second kappa shape index (κ2) is 6.90. The van der Waals surface area contributed by atoms with Gasteiger partial charge < -0.3 is 10.1 Å². The molecule has 0 fully saturated rings. The summed E-state index contributed by atoms with van der Waals surface area (Å²) in [6.45, 7) is 0.767. The lowest BCUT2D eigenvalue weighted by Gasteiger charge is -2.09. The second-order valence-electron chi connectivity index (χ2n) is 4.18. The third kappa shape index (κ3) is 4.61. The zero-order valence-electron chi connectivity index (χ0n) is 10.9. The maximum Gasteiger partial charge on any atom is 0.269 e. The van der Waals surface area contributed by atoms with Crippen molar-refractivity contribution >= 4 is 23.0 Å². The average molecular weight is 311 g/mol. The topological polar surface area (TPSA) is 64.4 Å². The Morgan fingerprint density at radius 3 is 2.57 bits per heavy atom. The van der Waals surface area contributed by atoms with Gasteiger partial charge in [0.15, 0.2) is 0 Å². The van der Waals surface area contributed by atoms with Crippen molar-refractivity contribution in [3.05, 3.63) is 63.4 Å². The predicted molar refractivity (Wildman–Crippen MR) is 78.5 cm³/mol. The number of rotatable bonds is 6. The maximum absolute atomic E-state index is 13.1. The molecule has 0 aliphatic heterocycles. The molecule has 0 aliphatic rings. The second-order valence-corrected chi connectivity index (χ2v) is 4.62. The summed E-state index contributed by atoms with van der Waals surface area (Å²) in [6.07, 6.45) is 0. The number of halogens is 2. The smallest absolute Gasteiger partial charge is 0.269 e. The number of hydrogen-bond acceptors (Lipinski definition) is 4. The van der Waals surface area contributed by atoms with Crippen molar-refractivity contribution < 1.29 is 14.1 Å². The fraction of sp³-hybridized carbons (Fsp3) is 0.143. The molecule has 2 aromatic rings. The molecule has 0 bridgehead atoms. The Labute approximate surface area is 125 Å². The molecule has 0 aliphatic carbocycles. The van der Waals surface area contributed by atoms with E-state index in [4.69, 9.17) is 16.3 Å². The van der Waals surface area contributed by atoms with Gasteiger partial charge in [-0.05, 0) is 30.3 Å². The van der Waals surface area contributed by atoms with Gasteiger partial charge in [-0.15, -0.1) is 0 Å². The summed E-state index contributed by atoms with van der Waals surface area (Å²) in [5.41, 5.74) is 0.571. The molecule has 0 atom stereocenters. The average Bonchev–Trinajstić information content (AvgIpc) is 2.43. The van der Waals surface area contributed by atoms with E-state index in [9.17, 15) is 14.5 Å². The predicted octanol–water partition coefficient (Wildman–Crippen LogP) is 3.88. The number of anilines is 1. The van der Waals surface area contributed by atoms with Crippen molar-refractivity contribution in [1.82, 2.24) is 0 Å². The van der Waals surface area contributed by atoms with Crippen molar-refractivity contribution in [1.29, 1.82) is 0 Å². The first-order chi connectivity index (χ1) is 10.0. The van der Waals surface area contributed by atoms with Crippen LogP contribution in [0, 0.1) is 15.9 Å². The zero-order chi connectivity index (χ0) is 15.2. The summed E-state index contributed by atoms with van der Waals surface area (Å²) in [6, 6.07) is 9.95. The van der Waals surface area contributed by atoms with Gasteiger partial charge in [0, 0.05) is 29.4 Å². The van der Waals surface area contributed by atoms with Crippen LogP contribution in [0.5, 0.6) is 5.75 Å². The van der Waals surface area contributed by atoms with Crippen LogP contribution in [0.4, 0.5) is 15.8 Å². The van der Waals surface area contributed by atoms with Crippen LogP contribution in [-0.2, 0) is 0 Å². The van der Waals surface area contributed by atoms with E-state index in [1.807, 2.05) is 0 Å². The lowest BCUT2D eigenvalue weighted by Crippen LogP contribution is -2.11. The van der Waals surface area contributed by atoms with E-state index in [0.29, 0.717) is 29.6 Å². The van der Waals surface area contributed by atoms with E-state index in [1.54, 1.807) is 6.07 Å². The molecule has 0 amide bonds. The Morgan fingerprint density at radius 2 is 1.95 bits per heavy atom. The first kappa shape index (κ1) is 15.1. The number of hydrogen-bond donors (Lipinski definition) is 1. The normalized spacial score (nSPS) is 10.2. The Hall–Kier alpha value is -2.34. The van der Waals surface area contributed by atoms with Gasteiger partial charge >= 0.3 is 0 Å². The minimum absolute atomic E-state index is 0.00915. The number of nitrogens with one attached hydrogen (secondary N) is 1. The molecule has 0 spiro atoms. The van der Waals surface area contributed by atoms with Crippen molar-refractivity contribution in [2.45, 2.75) is 0 Å². The monoisotopic (exact) mass is 310 g/mol. The largest absolute Gasteiger partial charge is 0.492 e. The number of nitro groups is 1. The Morgan fingerprint density at radius 1 is 1.24 bits per heavy atom. The molecule has 0 heterocycles. The van der Waals surface area contributed by atoms with Crippen LogP contribution < -0.4 is 10.1 Å². The molecule has 1 N–H and O–H groups in total. The van der Waals surface area contributed by atoms with Gasteiger partial charge in [-0.1, -0.05) is 11.6 Å². The molecule has 0 saturated heterocycles. The first-order valence-electron chi connectivity index (χ1n) is 6.12. The maximum atomic E-state index is 13.1. The Bertz CT molecular complexity index is 614. The number of non-ortho nitro benzene ring substituents is 1. The SMILES string of the molecule is O=[N+]([O-])c1ccc(OCCNc2cc(F)cc(Cl)c2)cc1. The van der Waals surface area contributed by atoms with Gasteiger partial charge in [-0.2, -0.15) is 0 Å². The van der Waals surface area contributed by atoms with Crippen LogP contribution in [0.3, 0.4) is 0 Å². The summed E-state index contributed by atoms with van der Waals surface area (Å²) >= 11 is 5.73. The summed E-state index contributed by atoms with van der Waals surface area (Å²) in [7, 11) is 0. The van der Waals surface area contributed by atoms with Crippen molar-refractivity contribution in [2.24, 2.45) is 0 Å². The van der Waals surface area contributed by atoms with E-state index in [0.717, 1.165) is 0 Å². The van der Waals surface area contributed by atoms with Crippen molar-refractivity contribution in [3.63, 3.8) is 0 Å². The molecule has 2 aromatic carbocycles. The van der Waals surface area contributed by atoms with Gasteiger partial charge in [0.25, 0.3) is 5.69 Å². The summed E-state index contributed by atoms with van der Waals surface area (Å²) in [5, 5.41) is 13.8. The van der Waals surface area contributed by atoms with Crippen molar-refractivity contribution in [3.8, 4) is 5.75 Å². The van der Waals surface area contributed by atoms with Crippen molar-refractivity contribution in [2.75, 3.05) is 18.5 Å². The van der Waals surface area contributed by atoms with Crippen LogP contribution >= 0.6 is 11.6 Å². The quantitative estimate of drug-likeness (QED) is 0.499. The molecule has 0 radical (unpaired) electrons. The fourth-order valence-corrected chi connectivity index (χ4v) is 1.91. The zero-order valence-corrected chi connectivity index (χ0v) is 11.6. The van der Waals surface area contributed by atoms with Crippen LogP contribution in [0.15, 0.2) is 42.5 Å². The molecule has 2 rings (SSSR count). The highest BCUT2D eigenvalue weighted by atomic mass is 35.5. The van der Waals surface area contributed by atoms with E-state index in [2.05, 4.69) is 5.32 Å². The molecule has 21 heavy (non-hydrogen) atoms. The number of benzene rings is 2. The third-order valence-corrected chi connectivity index (χ3v) is 2.83. The van der Waals surface area contributed by atoms with Crippen LogP contribution in [0.1, 0.15) is 0 Å². The summed E-state index contributed by atoms with van der Waals surface area (Å²) in [4.78, 5) is 10.0. The molecule has 0 aromatic heterocycles. The van der Waals surface area contributed by atoms with E-state index >= 15 is 0 Å². The number of ether oxygens (including phenoxy) is 1. The summed E-state index contributed by atoms with van der Waals surface area (Å²) < 4.78 is 18.5. The van der Waals surface area contributed by atoms with E-state index < -0.39 is 10.7 Å². The minimum Gasteiger partial charge on any atom is -0.492 e. The lowest BCUT2D eigenvalue weighted by atomic mass is 10.3. The minimum atomic E-state index is -0.473. The molecule has 0 unspecified atom stereocenters. The van der Waals surface area contributed by atoms with E-state index in [1.165, 1.54) is 36.4 Å². The molecule has 0 saturated carbocycles. The van der Waals surface area contributed by atoms with Crippen LogP contribution in [0.2, 0.25) is 5.02 Å². The highest BCUT2D eigenvalue weighted by molar-refractivity contribution is 6.30. The van der Waals surface area contributed by atoms with Gasteiger partial charge in [-0.3, -0.25) is 10.1 Å². The van der Waals surface area contributed by atoms with Gasteiger partial charge in [0.05, 0.1) is 4.92 Å². The van der Waals surface area contributed by atoms with Gasteiger partial charge in [-0.25, -0.2) is 4.39 Å². The van der Waals surface area contributed by atoms with Crippen LogP contribution in [-0.4, -0.2) is 18.1 Å². The summed E-state index contributed by atoms with van der Waals surface area (Å²) in [5.74, 6) is 0.112. The van der Waals surface area contributed by atoms with E-state index in [-0.39, 0.29) is 5.69 Å². The Balaban J connectivity index is 1.80. The molecule has 7 heteroatoms. The van der Waals surface area contributed by atoms with Gasteiger partial charge in [0.2, 0.25) is 0 Å². The third-order valence-electron chi connectivity index (χ3n) is 2.61. The Kier molecular flexibility index (Phi) is 4.94. The molecule has 110 valence electrons. The first-order valence-corrected chi connectivity index (χ1v) is 6.49. The highest BCUT2D eigenvalue weighted by Crippen LogP contribution is 2.19. The number of nitro benzene ring substituents is 1. The standard InChI is InChI=1S/C14H12ClFN2O3/c15-10-7-11(16)9-12(8-10)17-5-6-21-14-3-1-13(2-4-14)18(19)20/h1-4,7-9,17H,5-6H2. The molecular formula is C14H12ClFN2O3. The fourth-order valence-electron chi connectivity index (χ4n) is 1.68. The lowest BCUT2D eigenvalue weighted by molar-refractivity contribution is -0.384. The van der Waals surface area contributed by atoms with Crippen LogP contribution in [0.25, 0.3) is 0 Å². The number of nitrogens with zero attached hydrogens (tertiary/aromatic N) is 1. The molecular weight excluding hydrogens is 299 g/mol. The highest BCUT2D eigenvalue weighted by Gasteiger charge is 2.04.